The predicted molar refractivity (Wildman–Crippen MR) is 123 cm³/mol. The van der Waals surface area contributed by atoms with Crippen molar-refractivity contribution in [2.24, 2.45) is 0 Å². The highest BCUT2D eigenvalue weighted by Crippen LogP contribution is 2.47. The van der Waals surface area contributed by atoms with E-state index in [4.69, 9.17) is 9.41 Å². The van der Waals surface area contributed by atoms with Gasteiger partial charge in [-0.15, -0.1) is 0 Å². The Morgan fingerprint density at radius 1 is 0.893 bits per heavy atom. The van der Waals surface area contributed by atoms with Crippen molar-refractivity contribution in [1.82, 2.24) is 4.98 Å². The van der Waals surface area contributed by atoms with Crippen LogP contribution in [0.2, 0.25) is 16.6 Å². The van der Waals surface area contributed by atoms with Gasteiger partial charge in [0.2, 0.25) is 8.32 Å². The summed E-state index contributed by atoms with van der Waals surface area (Å²) >= 11 is 0. The van der Waals surface area contributed by atoms with Crippen molar-refractivity contribution in [2.75, 3.05) is 0 Å². The molecule has 1 aromatic carbocycles. The van der Waals surface area contributed by atoms with Crippen molar-refractivity contribution in [3.05, 3.63) is 65.5 Å². The molecule has 3 rings (SSSR count). The number of hydrogen-bond donors (Lipinski definition) is 0. The monoisotopic (exact) mass is 393 g/mol. The van der Waals surface area contributed by atoms with E-state index in [9.17, 15) is 0 Å². The number of hydrogen-bond acceptors (Lipinski definition) is 2. The summed E-state index contributed by atoms with van der Waals surface area (Å²) in [5, 5.41) is 0. The molecular weight excluding hydrogens is 358 g/mol. The quantitative estimate of drug-likeness (QED) is 0.470. The third-order valence-electron chi connectivity index (χ3n) is 6.38. The Labute approximate surface area is 172 Å². The number of nitrogens with zero attached hydrogens (tertiary/aromatic N) is 1. The van der Waals surface area contributed by atoms with Crippen LogP contribution < -0.4 is 0 Å². The van der Waals surface area contributed by atoms with E-state index in [-0.39, 0.29) is 6.10 Å². The van der Waals surface area contributed by atoms with Crippen LogP contribution in [0.5, 0.6) is 0 Å². The molecule has 2 aromatic rings. The lowest BCUT2D eigenvalue weighted by Crippen LogP contribution is -2.48. The summed E-state index contributed by atoms with van der Waals surface area (Å²) < 4.78 is 7.20. The maximum Gasteiger partial charge on any atom is 0.201 e. The van der Waals surface area contributed by atoms with E-state index in [1.165, 1.54) is 16.7 Å². The van der Waals surface area contributed by atoms with Crippen molar-refractivity contribution in [3.8, 4) is 0 Å². The Balaban J connectivity index is 2.00. The maximum absolute atomic E-state index is 7.20. The number of aromatic nitrogens is 1. The maximum atomic E-state index is 7.20. The standard InChI is InChI=1S/C25H35NOSi/c1-18(2)28(19(3)4,20(5)6)27-24-15-14-22(21-11-8-7-9-12-21)17-23-13-10-16-26-25(23)24/h7-13,16-20,24H,14-15H2,1-6H3. The molecule has 1 aromatic heterocycles. The molecule has 28 heavy (non-hydrogen) atoms. The molecule has 0 saturated heterocycles. The smallest absolute Gasteiger partial charge is 0.201 e. The molecule has 1 aliphatic carbocycles. The van der Waals surface area contributed by atoms with Gasteiger partial charge in [0, 0.05) is 6.20 Å². The summed E-state index contributed by atoms with van der Waals surface area (Å²) in [4.78, 5) is 4.80. The SMILES string of the molecule is CC(C)[Si](OC1CCC(c2ccccc2)=Cc2cccnc21)(C(C)C)C(C)C. The average Bonchev–Trinajstić information content (AvgIpc) is 2.85. The van der Waals surface area contributed by atoms with Gasteiger partial charge in [-0.1, -0.05) is 77.9 Å². The third kappa shape index (κ3) is 4.01. The van der Waals surface area contributed by atoms with Crippen LogP contribution in [-0.2, 0) is 4.43 Å². The van der Waals surface area contributed by atoms with Crippen LogP contribution in [0.3, 0.4) is 0 Å². The lowest BCUT2D eigenvalue weighted by molar-refractivity contribution is 0.164. The topological polar surface area (TPSA) is 22.1 Å². The van der Waals surface area contributed by atoms with Crippen LogP contribution in [0, 0.1) is 0 Å². The highest BCUT2D eigenvalue weighted by Gasteiger charge is 2.47. The molecule has 0 aliphatic heterocycles. The Kier molecular flexibility index (Phi) is 6.56. The van der Waals surface area contributed by atoms with Gasteiger partial charge in [-0.05, 0) is 58.3 Å². The second-order valence-electron chi connectivity index (χ2n) is 8.98. The van der Waals surface area contributed by atoms with E-state index in [1.54, 1.807) is 0 Å². The lowest BCUT2D eigenvalue weighted by Gasteiger charge is -2.44. The van der Waals surface area contributed by atoms with Gasteiger partial charge >= 0.3 is 0 Å². The molecule has 0 N–H and O–H groups in total. The molecule has 0 spiro atoms. The molecule has 0 saturated carbocycles. The van der Waals surface area contributed by atoms with E-state index >= 15 is 0 Å². The number of fused-ring (bicyclic) bond motifs is 1. The Morgan fingerprint density at radius 2 is 1.54 bits per heavy atom. The fourth-order valence-electron chi connectivity index (χ4n) is 5.15. The summed E-state index contributed by atoms with van der Waals surface area (Å²) in [6, 6.07) is 15.0. The zero-order valence-electron chi connectivity index (χ0n) is 18.3. The summed E-state index contributed by atoms with van der Waals surface area (Å²) in [6.07, 6.45) is 6.33. The molecule has 1 aliphatic rings. The van der Waals surface area contributed by atoms with Gasteiger partial charge in [-0.2, -0.15) is 0 Å². The molecule has 2 nitrogen and oxygen atoms in total. The first-order valence-corrected chi connectivity index (χ1v) is 12.9. The molecule has 150 valence electrons. The van der Waals surface area contributed by atoms with Crippen LogP contribution in [0.15, 0.2) is 48.7 Å². The minimum Gasteiger partial charge on any atom is -0.408 e. The summed E-state index contributed by atoms with van der Waals surface area (Å²) in [5.74, 6) is 0. The fraction of sp³-hybridized carbons (Fsp3) is 0.480. The van der Waals surface area contributed by atoms with Gasteiger partial charge in [0.1, 0.15) is 0 Å². The van der Waals surface area contributed by atoms with E-state index in [1.807, 2.05) is 12.3 Å². The first-order valence-electron chi connectivity index (χ1n) is 10.7. The van der Waals surface area contributed by atoms with Gasteiger partial charge in [0.25, 0.3) is 0 Å². The predicted octanol–water partition coefficient (Wildman–Crippen LogP) is 7.65. The van der Waals surface area contributed by atoms with E-state index in [0.717, 1.165) is 18.5 Å². The Hall–Kier alpha value is -1.71. The Morgan fingerprint density at radius 3 is 2.14 bits per heavy atom. The van der Waals surface area contributed by atoms with Crippen LogP contribution in [0.1, 0.15) is 77.3 Å². The van der Waals surface area contributed by atoms with E-state index < -0.39 is 8.32 Å². The van der Waals surface area contributed by atoms with Crippen molar-refractivity contribution >= 4 is 20.0 Å². The van der Waals surface area contributed by atoms with Gasteiger partial charge in [0.05, 0.1) is 11.8 Å². The second kappa shape index (κ2) is 8.75. The normalized spacial score (nSPS) is 17.6. The van der Waals surface area contributed by atoms with Crippen LogP contribution >= 0.6 is 0 Å². The number of rotatable bonds is 6. The molecule has 1 unspecified atom stereocenters. The molecule has 0 fully saturated rings. The second-order valence-corrected chi connectivity index (χ2v) is 14.4. The molecule has 0 amide bonds. The van der Waals surface area contributed by atoms with Gasteiger partial charge in [-0.3, -0.25) is 4.98 Å². The van der Waals surface area contributed by atoms with Crippen molar-refractivity contribution < 1.29 is 4.43 Å². The highest BCUT2D eigenvalue weighted by atomic mass is 28.4. The first kappa shape index (κ1) is 21.0. The fourth-order valence-corrected chi connectivity index (χ4v) is 10.7. The van der Waals surface area contributed by atoms with Gasteiger partial charge < -0.3 is 4.43 Å². The summed E-state index contributed by atoms with van der Waals surface area (Å²) in [7, 11) is -1.97. The van der Waals surface area contributed by atoms with Crippen molar-refractivity contribution in [2.45, 2.75) is 77.1 Å². The largest absolute Gasteiger partial charge is 0.408 e. The highest BCUT2D eigenvalue weighted by molar-refractivity contribution is 6.77. The third-order valence-corrected chi connectivity index (χ3v) is 12.5. The number of pyridine rings is 1. The van der Waals surface area contributed by atoms with Gasteiger partial charge in [0.15, 0.2) is 0 Å². The Bertz CT molecular complexity index is 789. The average molecular weight is 394 g/mol. The van der Waals surface area contributed by atoms with Crippen LogP contribution in [-0.4, -0.2) is 13.3 Å². The number of benzene rings is 1. The molecule has 1 heterocycles. The van der Waals surface area contributed by atoms with Gasteiger partial charge in [-0.25, -0.2) is 0 Å². The number of allylic oxidation sites excluding steroid dienone is 1. The van der Waals surface area contributed by atoms with Crippen LogP contribution in [0.25, 0.3) is 11.6 Å². The zero-order chi connectivity index (χ0) is 20.3. The minimum atomic E-state index is -1.97. The summed E-state index contributed by atoms with van der Waals surface area (Å²) in [5.41, 5.74) is 6.73. The van der Waals surface area contributed by atoms with E-state index in [2.05, 4.69) is 84.0 Å². The first-order chi connectivity index (χ1) is 13.4. The van der Waals surface area contributed by atoms with Crippen molar-refractivity contribution in [3.63, 3.8) is 0 Å². The van der Waals surface area contributed by atoms with Crippen molar-refractivity contribution in [1.29, 1.82) is 0 Å². The van der Waals surface area contributed by atoms with Crippen LogP contribution in [0.4, 0.5) is 0 Å². The molecule has 0 bridgehead atoms. The zero-order valence-corrected chi connectivity index (χ0v) is 19.3. The molecule has 0 radical (unpaired) electrons. The summed E-state index contributed by atoms with van der Waals surface area (Å²) in [6.45, 7) is 14.1. The van der Waals surface area contributed by atoms with E-state index in [0.29, 0.717) is 16.6 Å². The lowest BCUT2D eigenvalue weighted by atomic mass is 10.0. The minimum absolute atomic E-state index is 0.0764. The molecule has 3 heteroatoms. The molecule has 1 atom stereocenters. The molecular formula is C25H35NOSi.